The average molecular weight is 595 g/mol. The predicted octanol–water partition coefficient (Wildman–Crippen LogP) is 7.28. The smallest absolute Gasteiger partial charge is 0.326 e. The van der Waals surface area contributed by atoms with Gasteiger partial charge < -0.3 is 15.2 Å². The summed E-state index contributed by atoms with van der Waals surface area (Å²) in [4.78, 5) is 29.2. The number of ether oxygens (including phenoxy) is 1. The first-order valence-electron chi connectivity index (χ1n) is 15.3. The van der Waals surface area contributed by atoms with Gasteiger partial charge in [-0.2, -0.15) is 0 Å². The monoisotopic (exact) mass is 594 g/mol. The molecule has 1 aromatic heterocycles. The molecule has 4 rings (SSSR count). The molecule has 0 radical (unpaired) electrons. The van der Waals surface area contributed by atoms with Crippen LogP contribution < -0.4 is 10.1 Å². The largest absolute Gasteiger partial charge is 0.494 e. The second kappa shape index (κ2) is 15.2. The molecule has 0 aliphatic rings. The van der Waals surface area contributed by atoms with Crippen LogP contribution in [0.4, 0.5) is 0 Å². The van der Waals surface area contributed by atoms with Gasteiger partial charge in [0.05, 0.1) is 12.8 Å². The lowest BCUT2D eigenvalue weighted by molar-refractivity contribution is -0.139. The summed E-state index contributed by atoms with van der Waals surface area (Å²) in [5, 5.41) is 21.1. The molecule has 2 N–H and O–H groups in total. The number of aromatic nitrogens is 3. The highest BCUT2D eigenvalue weighted by Crippen LogP contribution is 2.23. The van der Waals surface area contributed by atoms with E-state index in [-0.39, 0.29) is 11.8 Å². The van der Waals surface area contributed by atoms with E-state index in [0.29, 0.717) is 17.1 Å². The fourth-order valence-corrected chi connectivity index (χ4v) is 4.75. The maximum Gasteiger partial charge on any atom is 0.326 e. The Kier molecular flexibility index (Phi) is 11.2. The third-order valence-corrected chi connectivity index (χ3v) is 7.50. The maximum atomic E-state index is 12.8. The van der Waals surface area contributed by atoms with Crippen molar-refractivity contribution in [2.75, 3.05) is 6.61 Å². The van der Waals surface area contributed by atoms with Gasteiger partial charge in [-0.1, -0.05) is 89.8 Å². The summed E-state index contributed by atoms with van der Waals surface area (Å²) >= 11 is 0. The zero-order valence-electron chi connectivity index (χ0n) is 26.0. The quantitative estimate of drug-likeness (QED) is 0.148. The van der Waals surface area contributed by atoms with Crippen molar-refractivity contribution < 1.29 is 19.4 Å². The van der Waals surface area contributed by atoms with Crippen molar-refractivity contribution in [3.63, 3.8) is 0 Å². The van der Waals surface area contributed by atoms with Crippen LogP contribution in [0.3, 0.4) is 0 Å². The van der Waals surface area contributed by atoms with Crippen molar-refractivity contribution in [3.05, 3.63) is 95.7 Å². The number of amides is 1. The summed E-state index contributed by atoms with van der Waals surface area (Å²) in [6.07, 6.45) is 7.83. The second-order valence-electron chi connectivity index (χ2n) is 12.0. The minimum absolute atomic E-state index is 0.0391. The number of benzene rings is 3. The lowest BCUT2D eigenvalue weighted by Gasteiger charge is -2.19. The number of hydrogen-bond donors (Lipinski definition) is 2. The summed E-state index contributed by atoms with van der Waals surface area (Å²) in [6, 6.07) is 21.2. The van der Waals surface area contributed by atoms with Gasteiger partial charge in [0, 0.05) is 23.1 Å². The fraction of sp³-hybridized carbons (Fsp3) is 0.361. The normalized spacial score (nSPS) is 12.0. The van der Waals surface area contributed by atoms with Crippen molar-refractivity contribution in [1.29, 1.82) is 0 Å². The number of aliphatic carboxylic acids is 1. The van der Waals surface area contributed by atoms with Crippen molar-refractivity contribution >= 4 is 11.9 Å². The first-order chi connectivity index (χ1) is 21.1. The number of nitrogens with zero attached hydrogens (tertiary/aromatic N) is 3. The van der Waals surface area contributed by atoms with Crippen molar-refractivity contribution in [1.82, 2.24) is 20.5 Å². The number of carbonyl (C=O) groups excluding carboxylic acids is 1. The first kappa shape index (κ1) is 32.3. The minimum atomic E-state index is -1.10. The molecule has 0 fully saturated rings. The number of carboxylic acids is 1. The van der Waals surface area contributed by atoms with Crippen molar-refractivity contribution in [3.8, 4) is 28.4 Å². The Labute approximate surface area is 259 Å². The van der Waals surface area contributed by atoms with Crippen LogP contribution in [-0.4, -0.2) is 44.8 Å². The highest BCUT2D eigenvalue weighted by atomic mass is 16.5. The number of nitrogens with one attached hydrogen (secondary N) is 1. The third kappa shape index (κ3) is 9.20. The molecule has 0 saturated carbocycles. The fourth-order valence-electron chi connectivity index (χ4n) is 4.75. The number of hydrogen-bond acceptors (Lipinski definition) is 6. The maximum absolute atomic E-state index is 12.8. The van der Waals surface area contributed by atoms with Crippen LogP contribution in [0.2, 0.25) is 0 Å². The molecule has 0 aliphatic carbocycles. The Balaban J connectivity index is 1.32. The molecule has 8 heteroatoms. The summed E-state index contributed by atoms with van der Waals surface area (Å²) < 4.78 is 5.85. The van der Waals surface area contributed by atoms with Gasteiger partial charge in [0.2, 0.25) is 0 Å². The lowest BCUT2D eigenvalue weighted by Crippen LogP contribution is -2.42. The molecule has 1 amide bonds. The van der Waals surface area contributed by atoms with Crippen LogP contribution in [0.1, 0.15) is 81.3 Å². The Bertz CT molecular complexity index is 1490. The van der Waals surface area contributed by atoms with E-state index in [0.717, 1.165) is 41.0 Å². The van der Waals surface area contributed by atoms with Crippen molar-refractivity contribution in [2.24, 2.45) is 0 Å². The summed E-state index contributed by atoms with van der Waals surface area (Å²) in [5.41, 5.74) is 4.55. The number of carbonyl (C=O) groups is 2. The molecular weight excluding hydrogens is 552 g/mol. The Morgan fingerprint density at radius 2 is 1.50 bits per heavy atom. The SMILES string of the molecule is CCCCCCCOc1ccc(-c2cnc(-c3ccc(C[C@H](NC(=O)c4ccc(C(C)(C)C)cc4)C(=O)O)cc3)nn2)cc1. The number of unbranched alkanes of at least 4 members (excludes halogenated alkanes) is 4. The highest BCUT2D eigenvalue weighted by molar-refractivity contribution is 5.96. The van der Waals surface area contributed by atoms with Crippen LogP contribution in [0, 0.1) is 0 Å². The standard InChI is InChI=1S/C36H42N4O4/c1-5-6-7-8-9-22-44-30-20-16-26(17-21-30)32-24-37-33(40-39-32)27-12-10-25(11-13-27)23-31(35(42)43)38-34(41)28-14-18-29(19-15-28)36(2,3)4/h10-21,24,31H,5-9,22-23H2,1-4H3,(H,38,41)(H,42,43)/t31-/m0/s1. The molecule has 1 heterocycles. The Morgan fingerprint density at radius 3 is 2.09 bits per heavy atom. The summed E-state index contributed by atoms with van der Waals surface area (Å²) in [6.45, 7) is 9.22. The van der Waals surface area contributed by atoms with Gasteiger partial charge in [0.1, 0.15) is 17.5 Å². The van der Waals surface area contributed by atoms with Gasteiger partial charge in [-0.15, -0.1) is 10.2 Å². The zero-order chi connectivity index (χ0) is 31.5. The molecule has 0 bridgehead atoms. The van der Waals surface area contributed by atoms with Gasteiger partial charge in [-0.05, 0) is 59.4 Å². The van der Waals surface area contributed by atoms with Gasteiger partial charge in [0.15, 0.2) is 5.82 Å². The van der Waals surface area contributed by atoms with E-state index in [1.807, 2.05) is 60.7 Å². The van der Waals surface area contributed by atoms with Gasteiger partial charge in [0.25, 0.3) is 5.91 Å². The van der Waals surface area contributed by atoms with E-state index in [9.17, 15) is 14.7 Å². The van der Waals surface area contributed by atoms with Crippen LogP contribution in [0.5, 0.6) is 5.75 Å². The van der Waals surface area contributed by atoms with Gasteiger partial charge in [-0.25, -0.2) is 9.78 Å². The minimum Gasteiger partial charge on any atom is -0.494 e. The van der Waals surface area contributed by atoms with Crippen LogP contribution in [-0.2, 0) is 16.6 Å². The molecule has 230 valence electrons. The Hall–Kier alpha value is -4.59. The zero-order valence-corrected chi connectivity index (χ0v) is 26.0. The van der Waals surface area contributed by atoms with E-state index in [2.05, 4.69) is 48.2 Å². The van der Waals surface area contributed by atoms with E-state index in [1.54, 1.807) is 18.3 Å². The highest BCUT2D eigenvalue weighted by Gasteiger charge is 2.22. The van der Waals surface area contributed by atoms with Gasteiger partial charge >= 0.3 is 5.97 Å². The molecular formula is C36H42N4O4. The number of rotatable bonds is 14. The number of carboxylic acid groups (broad SMARTS) is 1. The molecule has 0 aliphatic heterocycles. The third-order valence-electron chi connectivity index (χ3n) is 7.50. The molecule has 0 unspecified atom stereocenters. The van der Waals surface area contributed by atoms with E-state index in [4.69, 9.17) is 4.74 Å². The van der Waals surface area contributed by atoms with Crippen LogP contribution in [0.25, 0.3) is 22.6 Å². The molecule has 8 nitrogen and oxygen atoms in total. The second-order valence-corrected chi connectivity index (χ2v) is 12.0. The Morgan fingerprint density at radius 1 is 0.841 bits per heavy atom. The van der Waals surface area contributed by atoms with E-state index >= 15 is 0 Å². The molecule has 4 aromatic rings. The summed E-state index contributed by atoms with van der Waals surface area (Å²) in [5.74, 6) is -0.223. The molecule has 0 saturated heterocycles. The molecule has 0 spiro atoms. The van der Waals surface area contributed by atoms with Crippen LogP contribution >= 0.6 is 0 Å². The lowest BCUT2D eigenvalue weighted by atomic mass is 9.86. The van der Waals surface area contributed by atoms with Gasteiger partial charge in [-0.3, -0.25) is 4.79 Å². The molecule has 3 aromatic carbocycles. The van der Waals surface area contributed by atoms with Crippen LogP contribution in [0.15, 0.2) is 79.0 Å². The predicted molar refractivity (Wildman–Crippen MR) is 173 cm³/mol. The van der Waals surface area contributed by atoms with E-state index in [1.165, 1.54) is 25.7 Å². The topological polar surface area (TPSA) is 114 Å². The van der Waals surface area contributed by atoms with Crippen molar-refractivity contribution in [2.45, 2.75) is 77.7 Å². The molecule has 1 atom stereocenters. The van der Waals surface area contributed by atoms with E-state index < -0.39 is 17.9 Å². The summed E-state index contributed by atoms with van der Waals surface area (Å²) in [7, 11) is 0. The first-order valence-corrected chi connectivity index (χ1v) is 15.3. The average Bonchev–Trinajstić information content (AvgIpc) is 3.03. The molecule has 44 heavy (non-hydrogen) atoms.